The maximum atomic E-state index is 14.2. The molecule has 0 aliphatic carbocycles. The number of fused-ring (bicyclic) bond motifs is 7. The minimum Gasteiger partial charge on any atom is -0.307 e. The number of hydrogen-bond donors (Lipinski definition) is 0. The largest absolute Gasteiger partial charge is 0.307 e. The van der Waals surface area contributed by atoms with E-state index in [0.717, 1.165) is 38.6 Å². The van der Waals surface area contributed by atoms with Crippen LogP contribution in [0.25, 0.3) is 38.6 Å². The SMILES string of the molecule is O=S1(=O)c2ccccc2-c2ccc3c4ccccc4n(-c4ccccc4)c3c2N1c1ccccc1. The minimum absolute atomic E-state index is 0.318. The van der Waals surface area contributed by atoms with E-state index in [2.05, 4.69) is 41.0 Å². The molecule has 0 saturated carbocycles. The number of sulfonamides is 1. The van der Waals surface area contributed by atoms with Gasteiger partial charge in [0.1, 0.15) is 0 Å². The van der Waals surface area contributed by atoms with Crippen LogP contribution in [0, 0.1) is 0 Å². The Morgan fingerprint density at radius 3 is 1.91 bits per heavy atom. The Morgan fingerprint density at radius 1 is 0.514 bits per heavy atom. The first kappa shape index (κ1) is 20.1. The first-order valence-electron chi connectivity index (χ1n) is 11.5. The molecule has 0 unspecified atom stereocenters. The fourth-order valence-electron chi connectivity index (χ4n) is 5.27. The molecule has 1 aromatic heterocycles. The molecule has 0 spiro atoms. The molecule has 1 aliphatic heterocycles. The summed E-state index contributed by atoms with van der Waals surface area (Å²) in [7, 11) is -3.86. The quantitative estimate of drug-likeness (QED) is 0.265. The van der Waals surface area contributed by atoms with Gasteiger partial charge in [0, 0.05) is 27.6 Å². The topological polar surface area (TPSA) is 42.3 Å². The molecule has 0 radical (unpaired) electrons. The summed E-state index contributed by atoms with van der Waals surface area (Å²) in [6.45, 7) is 0. The van der Waals surface area contributed by atoms with E-state index in [0.29, 0.717) is 16.3 Å². The van der Waals surface area contributed by atoms with Gasteiger partial charge in [0.15, 0.2) is 0 Å². The predicted octanol–water partition coefficient (Wildman–Crippen LogP) is 7.29. The molecule has 4 nitrogen and oxygen atoms in total. The third kappa shape index (κ3) is 2.76. The van der Waals surface area contributed by atoms with Crippen molar-refractivity contribution in [3.05, 3.63) is 121 Å². The Labute approximate surface area is 203 Å². The summed E-state index contributed by atoms with van der Waals surface area (Å²) in [5.41, 5.74) is 5.79. The molecule has 0 saturated heterocycles. The van der Waals surface area contributed by atoms with Gasteiger partial charge in [-0.05, 0) is 36.4 Å². The first-order valence-corrected chi connectivity index (χ1v) is 12.9. The van der Waals surface area contributed by atoms with Crippen molar-refractivity contribution in [1.29, 1.82) is 0 Å². The zero-order valence-electron chi connectivity index (χ0n) is 18.7. The molecule has 5 heteroatoms. The molecule has 5 aromatic carbocycles. The van der Waals surface area contributed by atoms with Crippen LogP contribution >= 0.6 is 0 Å². The lowest BCUT2D eigenvalue weighted by Crippen LogP contribution is -2.30. The lowest BCUT2D eigenvalue weighted by Gasteiger charge is -2.33. The molecular formula is C30H20N2O2S. The monoisotopic (exact) mass is 472 g/mol. The van der Waals surface area contributed by atoms with Gasteiger partial charge in [-0.25, -0.2) is 12.7 Å². The average Bonchev–Trinajstić information content (AvgIpc) is 3.24. The molecule has 0 fully saturated rings. The fourth-order valence-corrected chi connectivity index (χ4v) is 7.00. The number of hydrogen-bond acceptors (Lipinski definition) is 2. The first-order chi connectivity index (χ1) is 17.2. The average molecular weight is 473 g/mol. The normalized spacial score (nSPS) is 14.1. The zero-order valence-corrected chi connectivity index (χ0v) is 19.5. The molecule has 7 rings (SSSR count). The number of anilines is 2. The molecule has 168 valence electrons. The molecule has 2 heterocycles. The number of rotatable bonds is 2. The minimum atomic E-state index is -3.86. The lowest BCUT2D eigenvalue weighted by atomic mass is 10.00. The number of nitrogens with zero attached hydrogens (tertiary/aromatic N) is 2. The van der Waals surface area contributed by atoms with E-state index in [1.807, 2.05) is 72.8 Å². The van der Waals surface area contributed by atoms with Crippen molar-refractivity contribution in [3.8, 4) is 16.8 Å². The highest BCUT2D eigenvalue weighted by Crippen LogP contribution is 2.51. The van der Waals surface area contributed by atoms with Gasteiger partial charge in [0.05, 0.1) is 27.3 Å². The number of para-hydroxylation sites is 3. The van der Waals surface area contributed by atoms with Gasteiger partial charge in [-0.2, -0.15) is 0 Å². The summed E-state index contributed by atoms with van der Waals surface area (Å²) < 4.78 is 32.1. The molecule has 0 amide bonds. The van der Waals surface area contributed by atoms with Gasteiger partial charge >= 0.3 is 0 Å². The van der Waals surface area contributed by atoms with E-state index in [4.69, 9.17) is 0 Å². The van der Waals surface area contributed by atoms with Crippen LogP contribution in [0.1, 0.15) is 0 Å². The second kappa shape index (κ2) is 7.32. The van der Waals surface area contributed by atoms with Crippen LogP contribution in [0.5, 0.6) is 0 Å². The fraction of sp³-hybridized carbons (Fsp3) is 0. The van der Waals surface area contributed by atoms with Gasteiger partial charge in [-0.15, -0.1) is 0 Å². The Morgan fingerprint density at radius 2 is 1.14 bits per heavy atom. The van der Waals surface area contributed by atoms with Crippen LogP contribution in [-0.4, -0.2) is 13.0 Å². The summed E-state index contributed by atoms with van der Waals surface area (Å²) in [6.07, 6.45) is 0. The maximum Gasteiger partial charge on any atom is 0.269 e. The molecule has 35 heavy (non-hydrogen) atoms. The van der Waals surface area contributed by atoms with Crippen molar-refractivity contribution in [2.45, 2.75) is 4.90 Å². The summed E-state index contributed by atoms with van der Waals surface area (Å²) in [6, 6.07) is 39.2. The van der Waals surface area contributed by atoms with Crippen molar-refractivity contribution in [3.63, 3.8) is 0 Å². The predicted molar refractivity (Wildman–Crippen MR) is 142 cm³/mol. The van der Waals surface area contributed by atoms with E-state index < -0.39 is 10.0 Å². The van der Waals surface area contributed by atoms with E-state index in [9.17, 15) is 8.42 Å². The lowest BCUT2D eigenvalue weighted by molar-refractivity contribution is 0.596. The second-order valence-electron chi connectivity index (χ2n) is 8.65. The van der Waals surface area contributed by atoms with Crippen LogP contribution in [0.2, 0.25) is 0 Å². The van der Waals surface area contributed by atoms with E-state index in [1.54, 1.807) is 12.1 Å². The highest BCUT2D eigenvalue weighted by atomic mass is 32.2. The molecular weight excluding hydrogens is 452 g/mol. The van der Waals surface area contributed by atoms with E-state index >= 15 is 0 Å². The summed E-state index contributed by atoms with van der Waals surface area (Å²) in [5, 5.41) is 2.09. The number of aromatic nitrogens is 1. The van der Waals surface area contributed by atoms with Gasteiger partial charge < -0.3 is 4.57 Å². The van der Waals surface area contributed by atoms with Crippen molar-refractivity contribution < 1.29 is 8.42 Å². The van der Waals surface area contributed by atoms with Crippen molar-refractivity contribution in [2.24, 2.45) is 0 Å². The Kier molecular flexibility index (Phi) is 4.20. The zero-order chi connectivity index (χ0) is 23.6. The third-order valence-corrected chi connectivity index (χ3v) is 8.50. The van der Waals surface area contributed by atoms with Crippen LogP contribution in [0.3, 0.4) is 0 Å². The summed E-state index contributed by atoms with van der Waals surface area (Å²) in [4.78, 5) is 0.318. The van der Waals surface area contributed by atoms with Gasteiger partial charge in [-0.1, -0.05) is 84.9 Å². The smallest absolute Gasteiger partial charge is 0.269 e. The van der Waals surface area contributed by atoms with E-state index in [1.165, 1.54) is 4.31 Å². The van der Waals surface area contributed by atoms with Crippen LogP contribution < -0.4 is 4.31 Å². The van der Waals surface area contributed by atoms with Crippen LogP contribution in [0.15, 0.2) is 126 Å². The van der Waals surface area contributed by atoms with Gasteiger partial charge in [0.25, 0.3) is 10.0 Å². The molecule has 0 N–H and O–H groups in total. The highest BCUT2D eigenvalue weighted by molar-refractivity contribution is 7.93. The van der Waals surface area contributed by atoms with Crippen molar-refractivity contribution >= 4 is 43.2 Å². The highest BCUT2D eigenvalue weighted by Gasteiger charge is 2.38. The molecule has 0 atom stereocenters. The van der Waals surface area contributed by atoms with Crippen LogP contribution in [0.4, 0.5) is 11.4 Å². The van der Waals surface area contributed by atoms with Crippen LogP contribution in [-0.2, 0) is 10.0 Å². The van der Waals surface area contributed by atoms with E-state index in [-0.39, 0.29) is 0 Å². The maximum absolute atomic E-state index is 14.2. The molecule has 1 aliphatic rings. The molecule has 6 aromatic rings. The Bertz CT molecular complexity index is 1860. The summed E-state index contributed by atoms with van der Waals surface area (Å²) in [5.74, 6) is 0. The standard InChI is InChI=1S/C30H20N2O2S/c33-35(34)28-18-10-8-16-24(28)26-20-19-25-23-15-7-9-17-27(23)31(21-11-3-1-4-12-21)29(25)30(26)32(35)22-13-5-2-6-14-22/h1-20H. The summed E-state index contributed by atoms with van der Waals surface area (Å²) >= 11 is 0. The van der Waals surface area contributed by atoms with Gasteiger partial charge in [-0.3, -0.25) is 0 Å². The van der Waals surface area contributed by atoms with Crippen molar-refractivity contribution in [2.75, 3.05) is 4.31 Å². The Hall–Kier alpha value is -4.35. The Balaban J connectivity index is 1.74. The number of benzene rings is 5. The second-order valence-corrected chi connectivity index (χ2v) is 10.4. The molecule has 0 bridgehead atoms. The van der Waals surface area contributed by atoms with Crippen molar-refractivity contribution in [1.82, 2.24) is 4.57 Å². The van der Waals surface area contributed by atoms with Gasteiger partial charge in [0.2, 0.25) is 0 Å². The third-order valence-electron chi connectivity index (χ3n) is 6.71.